The first kappa shape index (κ1) is 18.9. The van der Waals surface area contributed by atoms with Gasteiger partial charge in [0.15, 0.2) is 0 Å². The molecule has 1 amide bonds. The topological polar surface area (TPSA) is 29.5 Å². The van der Waals surface area contributed by atoms with Crippen LogP contribution in [0.5, 0.6) is 0 Å². The maximum atomic E-state index is 12.0. The standard InChI is InChI=1S/C17H23Cl2NO2/c1-12(20(5)16(21)22-17(2,3)4)7-6-8-13-9-10-14(18)15(19)11-13/h6,8-12H,7H2,1-5H3/b8-6-. The molecule has 0 saturated heterocycles. The second kappa shape index (κ2) is 7.89. The van der Waals surface area contributed by atoms with Crippen molar-refractivity contribution in [2.24, 2.45) is 0 Å². The lowest BCUT2D eigenvalue weighted by Gasteiger charge is -2.28. The van der Waals surface area contributed by atoms with E-state index in [4.69, 9.17) is 27.9 Å². The second-order valence-electron chi connectivity index (χ2n) is 6.25. The number of rotatable bonds is 4. The van der Waals surface area contributed by atoms with E-state index in [-0.39, 0.29) is 12.1 Å². The number of amides is 1. The van der Waals surface area contributed by atoms with Gasteiger partial charge in [0.25, 0.3) is 0 Å². The maximum Gasteiger partial charge on any atom is 0.410 e. The Labute approximate surface area is 142 Å². The van der Waals surface area contributed by atoms with E-state index in [1.807, 2.05) is 52.0 Å². The minimum absolute atomic E-state index is 0.0360. The van der Waals surface area contributed by atoms with Gasteiger partial charge >= 0.3 is 6.09 Å². The molecule has 0 spiro atoms. The van der Waals surface area contributed by atoms with Crippen LogP contribution in [0, 0.1) is 0 Å². The molecule has 0 radical (unpaired) electrons. The summed E-state index contributed by atoms with van der Waals surface area (Å²) in [5.74, 6) is 0. The third-order valence-electron chi connectivity index (χ3n) is 3.07. The highest BCUT2D eigenvalue weighted by atomic mass is 35.5. The SMILES string of the molecule is CC(C/C=C\c1ccc(Cl)c(Cl)c1)N(C)C(=O)OC(C)(C)C. The highest BCUT2D eigenvalue weighted by Crippen LogP contribution is 2.23. The van der Waals surface area contributed by atoms with Crippen LogP contribution < -0.4 is 0 Å². The number of hydrogen-bond acceptors (Lipinski definition) is 2. The predicted molar refractivity (Wildman–Crippen MR) is 93.6 cm³/mol. The Kier molecular flexibility index (Phi) is 6.76. The number of benzene rings is 1. The van der Waals surface area contributed by atoms with Crippen molar-refractivity contribution < 1.29 is 9.53 Å². The second-order valence-corrected chi connectivity index (χ2v) is 7.07. The van der Waals surface area contributed by atoms with Crippen LogP contribution in [0.3, 0.4) is 0 Å². The fraction of sp³-hybridized carbons (Fsp3) is 0.471. The lowest BCUT2D eigenvalue weighted by molar-refractivity contribution is 0.0238. The van der Waals surface area contributed by atoms with Gasteiger partial charge in [0.05, 0.1) is 10.0 Å². The van der Waals surface area contributed by atoms with Gasteiger partial charge < -0.3 is 9.64 Å². The highest BCUT2D eigenvalue weighted by molar-refractivity contribution is 6.42. The van der Waals surface area contributed by atoms with Crippen LogP contribution in [-0.2, 0) is 4.74 Å². The van der Waals surface area contributed by atoms with Crippen molar-refractivity contribution in [2.75, 3.05) is 7.05 Å². The maximum absolute atomic E-state index is 12.0. The number of carbonyl (C=O) groups excluding carboxylic acids is 1. The number of hydrogen-bond donors (Lipinski definition) is 0. The Bertz CT molecular complexity index is 550. The molecule has 5 heteroatoms. The van der Waals surface area contributed by atoms with E-state index in [1.54, 1.807) is 18.0 Å². The van der Waals surface area contributed by atoms with E-state index in [0.29, 0.717) is 10.0 Å². The lowest BCUT2D eigenvalue weighted by atomic mass is 10.1. The number of carbonyl (C=O) groups is 1. The molecule has 1 unspecified atom stereocenters. The van der Waals surface area contributed by atoms with Gasteiger partial charge in [-0.05, 0) is 51.8 Å². The van der Waals surface area contributed by atoms with Gasteiger partial charge in [-0.3, -0.25) is 0 Å². The lowest BCUT2D eigenvalue weighted by Crippen LogP contribution is -2.39. The fourth-order valence-electron chi connectivity index (χ4n) is 1.69. The van der Waals surface area contributed by atoms with Crippen LogP contribution >= 0.6 is 23.2 Å². The Morgan fingerprint density at radius 2 is 1.95 bits per heavy atom. The van der Waals surface area contributed by atoms with Crippen molar-refractivity contribution in [1.82, 2.24) is 4.90 Å². The molecule has 1 rings (SSSR count). The quantitative estimate of drug-likeness (QED) is 0.706. The number of halogens is 2. The molecule has 3 nitrogen and oxygen atoms in total. The molecule has 0 fully saturated rings. The molecule has 0 saturated carbocycles. The van der Waals surface area contributed by atoms with Crippen molar-refractivity contribution >= 4 is 35.4 Å². The fourth-order valence-corrected chi connectivity index (χ4v) is 2.00. The van der Waals surface area contributed by atoms with Gasteiger partial charge in [-0.15, -0.1) is 0 Å². The van der Waals surface area contributed by atoms with Gasteiger partial charge in [0, 0.05) is 13.1 Å². The van der Waals surface area contributed by atoms with E-state index < -0.39 is 5.60 Å². The van der Waals surface area contributed by atoms with Crippen LogP contribution in [0.1, 0.15) is 39.7 Å². The molecular weight excluding hydrogens is 321 g/mol. The van der Waals surface area contributed by atoms with Gasteiger partial charge in [-0.25, -0.2) is 4.79 Å². The molecular formula is C17H23Cl2NO2. The van der Waals surface area contributed by atoms with Crippen LogP contribution in [0.4, 0.5) is 4.79 Å². The normalized spacial score (nSPS) is 13.2. The van der Waals surface area contributed by atoms with E-state index in [0.717, 1.165) is 12.0 Å². The largest absolute Gasteiger partial charge is 0.444 e. The molecule has 0 aliphatic rings. The summed E-state index contributed by atoms with van der Waals surface area (Å²) in [6.45, 7) is 7.54. The van der Waals surface area contributed by atoms with Crippen molar-refractivity contribution in [2.45, 2.75) is 45.8 Å². The molecule has 1 atom stereocenters. The zero-order valence-corrected chi connectivity index (χ0v) is 15.2. The average molecular weight is 344 g/mol. The number of nitrogens with zero attached hydrogens (tertiary/aromatic N) is 1. The molecule has 1 aromatic carbocycles. The summed E-state index contributed by atoms with van der Waals surface area (Å²) < 4.78 is 5.34. The van der Waals surface area contributed by atoms with E-state index in [1.165, 1.54) is 0 Å². The first-order chi connectivity index (χ1) is 10.1. The van der Waals surface area contributed by atoms with Crippen LogP contribution in [-0.4, -0.2) is 29.7 Å². The first-order valence-electron chi connectivity index (χ1n) is 7.17. The van der Waals surface area contributed by atoms with Gasteiger partial charge in [-0.1, -0.05) is 41.4 Å². The summed E-state index contributed by atoms with van der Waals surface area (Å²) in [6, 6.07) is 5.50. The minimum Gasteiger partial charge on any atom is -0.444 e. The average Bonchev–Trinajstić information content (AvgIpc) is 2.39. The van der Waals surface area contributed by atoms with E-state index >= 15 is 0 Å². The van der Waals surface area contributed by atoms with Crippen LogP contribution in [0.15, 0.2) is 24.3 Å². The van der Waals surface area contributed by atoms with Crippen molar-refractivity contribution in [3.63, 3.8) is 0 Å². The predicted octanol–water partition coefficient (Wildman–Crippen LogP) is 5.65. The summed E-state index contributed by atoms with van der Waals surface area (Å²) in [5, 5.41) is 1.07. The number of ether oxygens (including phenoxy) is 1. The van der Waals surface area contributed by atoms with Gasteiger partial charge in [-0.2, -0.15) is 0 Å². The van der Waals surface area contributed by atoms with E-state index in [9.17, 15) is 4.79 Å². The molecule has 0 aliphatic carbocycles. The molecule has 0 aliphatic heterocycles. The Balaban J connectivity index is 2.57. The molecule has 0 aromatic heterocycles. The summed E-state index contributed by atoms with van der Waals surface area (Å²) in [6.07, 6.45) is 4.37. The monoisotopic (exact) mass is 343 g/mol. The van der Waals surface area contributed by atoms with Crippen molar-refractivity contribution in [3.05, 3.63) is 39.9 Å². The van der Waals surface area contributed by atoms with Gasteiger partial charge in [0.2, 0.25) is 0 Å². The smallest absolute Gasteiger partial charge is 0.410 e. The first-order valence-corrected chi connectivity index (χ1v) is 7.93. The Hall–Kier alpha value is -1.19. The molecule has 0 bridgehead atoms. The summed E-state index contributed by atoms with van der Waals surface area (Å²) in [5.41, 5.74) is 0.488. The molecule has 0 N–H and O–H groups in total. The third kappa shape index (κ3) is 6.29. The van der Waals surface area contributed by atoms with Crippen LogP contribution in [0.25, 0.3) is 6.08 Å². The zero-order valence-electron chi connectivity index (χ0n) is 13.7. The summed E-state index contributed by atoms with van der Waals surface area (Å²) in [7, 11) is 1.74. The van der Waals surface area contributed by atoms with E-state index in [2.05, 4.69) is 0 Å². The van der Waals surface area contributed by atoms with Gasteiger partial charge in [0.1, 0.15) is 5.60 Å². The summed E-state index contributed by atoms with van der Waals surface area (Å²) >= 11 is 11.9. The zero-order chi connectivity index (χ0) is 16.9. The molecule has 1 aromatic rings. The van der Waals surface area contributed by atoms with Crippen molar-refractivity contribution in [1.29, 1.82) is 0 Å². The Morgan fingerprint density at radius 3 is 2.50 bits per heavy atom. The van der Waals surface area contributed by atoms with Crippen LogP contribution in [0.2, 0.25) is 10.0 Å². The molecule has 0 heterocycles. The minimum atomic E-state index is -0.485. The van der Waals surface area contributed by atoms with Crippen molar-refractivity contribution in [3.8, 4) is 0 Å². The highest BCUT2D eigenvalue weighted by Gasteiger charge is 2.22. The molecule has 22 heavy (non-hydrogen) atoms. The Morgan fingerprint density at radius 1 is 1.32 bits per heavy atom. The summed E-state index contributed by atoms with van der Waals surface area (Å²) in [4.78, 5) is 13.6. The molecule has 122 valence electrons. The third-order valence-corrected chi connectivity index (χ3v) is 3.81.